The van der Waals surface area contributed by atoms with Crippen LogP contribution in [0.1, 0.15) is 6.42 Å². The van der Waals surface area contributed by atoms with E-state index in [2.05, 4.69) is 15.2 Å². The lowest BCUT2D eigenvalue weighted by atomic mass is 10.2. The number of halogens is 1. The first-order chi connectivity index (χ1) is 13.0. The van der Waals surface area contributed by atoms with Crippen LogP contribution in [-0.2, 0) is 6.54 Å². The fourth-order valence-electron chi connectivity index (χ4n) is 2.87. The summed E-state index contributed by atoms with van der Waals surface area (Å²) in [4.78, 5) is 16.0. The molecule has 1 aromatic heterocycles. The fourth-order valence-corrected chi connectivity index (χ4v) is 3.09. The number of aromatic nitrogens is 2. The number of ether oxygens (including phenoxy) is 1. The van der Waals surface area contributed by atoms with Crippen LogP contribution in [0.4, 0.5) is 11.5 Å². The van der Waals surface area contributed by atoms with Crippen LogP contribution in [0.5, 0.6) is 5.75 Å². The van der Waals surface area contributed by atoms with E-state index in [0.717, 1.165) is 31.9 Å². The Hall–Kier alpha value is -2.36. The fraction of sp³-hybridized carbons (Fsp3) is 0.471. The Bertz CT molecular complexity index is 761. The lowest BCUT2D eigenvalue weighted by molar-refractivity contribution is -0.389. The Morgan fingerprint density at radius 2 is 2.04 bits per heavy atom. The van der Waals surface area contributed by atoms with Crippen molar-refractivity contribution in [1.29, 1.82) is 0 Å². The predicted molar refractivity (Wildman–Crippen MR) is 102 cm³/mol. The average Bonchev–Trinajstić information content (AvgIpc) is 3.07. The molecule has 1 unspecified atom stereocenters. The Morgan fingerprint density at radius 1 is 1.33 bits per heavy atom. The number of hydrogen-bond donors (Lipinski definition) is 2. The first-order valence-corrected chi connectivity index (χ1v) is 9.14. The van der Waals surface area contributed by atoms with E-state index in [4.69, 9.17) is 16.3 Å². The van der Waals surface area contributed by atoms with E-state index in [-0.39, 0.29) is 17.7 Å². The number of nitrogens with one attached hydrogen (secondary N) is 1. The molecule has 1 aliphatic rings. The maximum atomic E-state index is 10.7. The van der Waals surface area contributed by atoms with E-state index in [1.165, 1.54) is 10.8 Å². The molecule has 1 aliphatic heterocycles. The van der Waals surface area contributed by atoms with Crippen molar-refractivity contribution >= 4 is 23.1 Å². The van der Waals surface area contributed by atoms with Gasteiger partial charge in [0.25, 0.3) is 0 Å². The van der Waals surface area contributed by atoms with Gasteiger partial charge in [0.2, 0.25) is 0 Å². The molecule has 0 aliphatic carbocycles. The van der Waals surface area contributed by atoms with Crippen molar-refractivity contribution in [3.8, 4) is 5.75 Å². The largest absolute Gasteiger partial charge is 0.491 e. The van der Waals surface area contributed by atoms with Crippen molar-refractivity contribution in [2.45, 2.75) is 19.1 Å². The summed E-state index contributed by atoms with van der Waals surface area (Å²) in [5.74, 6) is 0.375. The summed E-state index contributed by atoms with van der Waals surface area (Å²) < 4.78 is 7.06. The van der Waals surface area contributed by atoms with Crippen LogP contribution in [0.2, 0.25) is 5.28 Å². The van der Waals surface area contributed by atoms with E-state index < -0.39 is 11.0 Å². The maximum Gasteiger partial charge on any atom is 0.383 e. The zero-order chi connectivity index (χ0) is 19.2. The molecule has 9 nitrogen and oxygen atoms in total. The molecular formula is C17H22ClN5O4. The van der Waals surface area contributed by atoms with Gasteiger partial charge in [-0.25, -0.2) is 0 Å². The van der Waals surface area contributed by atoms with Gasteiger partial charge in [-0.2, -0.15) is 0 Å². The molecule has 0 spiro atoms. The van der Waals surface area contributed by atoms with Gasteiger partial charge < -0.3 is 30.2 Å². The van der Waals surface area contributed by atoms with E-state index >= 15 is 0 Å². The van der Waals surface area contributed by atoms with E-state index in [9.17, 15) is 15.2 Å². The minimum Gasteiger partial charge on any atom is -0.491 e. The second-order valence-electron chi connectivity index (χ2n) is 6.30. The molecule has 0 bridgehead atoms. The lowest BCUT2D eigenvalue weighted by Crippen LogP contribution is -2.43. The normalized spacial score (nSPS) is 15.6. The Labute approximate surface area is 161 Å². The summed E-state index contributed by atoms with van der Waals surface area (Å²) in [6.07, 6.45) is 0.868. The number of aliphatic hydroxyl groups is 1. The summed E-state index contributed by atoms with van der Waals surface area (Å²) in [5.41, 5.74) is 1.15. The lowest BCUT2D eigenvalue weighted by Gasteiger charge is -2.29. The topological polar surface area (TPSA) is 106 Å². The quantitative estimate of drug-likeness (QED) is 0.517. The highest BCUT2D eigenvalue weighted by molar-refractivity contribution is 6.28. The number of anilines is 1. The number of aryl methyl sites for hydroxylation is 1. The average molecular weight is 396 g/mol. The van der Waals surface area contributed by atoms with Crippen LogP contribution < -0.4 is 15.0 Å². The number of benzene rings is 1. The second kappa shape index (κ2) is 9.03. The van der Waals surface area contributed by atoms with Crippen LogP contribution in [0.25, 0.3) is 0 Å². The minimum absolute atomic E-state index is 0.0262. The first-order valence-electron chi connectivity index (χ1n) is 8.76. The number of hydrogen-bond acceptors (Lipinski definition) is 7. The molecular weight excluding hydrogens is 374 g/mol. The molecule has 2 heterocycles. The molecule has 1 atom stereocenters. The summed E-state index contributed by atoms with van der Waals surface area (Å²) >= 11 is 5.85. The highest BCUT2D eigenvalue weighted by atomic mass is 35.5. The van der Waals surface area contributed by atoms with Crippen molar-refractivity contribution in [2.75, 3.05) is 37.7 Å². The summed E-state index contributed by atoms with van der Waals surface area (Å²) in [6, 6.07) is 7.80. The van der Waals surface area contributed by atoms with Crippen LogP contribution >= 0.6 is 11.6 Å². The van der Waals surface area contributed by atoms with Gasteiger partial charge in [0.05, 0.1) is 6.10 Å². The molecule has 0 amide bonds. The van der Waals surface area contributed by atoms with Gasteiger partial charge >= 0.3 is 11.1 Å². The third kappa shape index (κ3) is 5.31. The van der Waals surface area contributed by atoms with Gasteiger partial charge in [-0.3, -0.25) is 4.57 Å². The van der Waals surface area contributed by atoms with Gasteiger partial charge in [0.1, 0.15) is 18.6 Å². The number of nitrogens with zero attached hydrogens (tertiary/aromatic N) is 4. The van der Waals surface area contributed by atoms with Gasteiger partial charge in [-0.15, -0.1) is 0 Å². The molecule has 2 N–H and O–H groups in total. The minimum atomic E-state index is -0.727. The molecule has 0 radical (unpaired) electrons. The molecule has 0 saturated carbocycles. The van der Waals surface area contributed by atoms with Gasteiger partial charge in [0.15, 0.2) is 0 Å². The predicted octanol–water partition coefficient (Wildman–Crippen LogP) is 1.68. The second-order valence-corrected chi connectivity index (χ2v) is 6.64. The van der Waals surface area contributed by atoms with Crippen molar-refractivity contribution < 1.29 is 14.8 Å². The zero-order valence-corrected chi connectivity index (χ0v) is 15.5. The standard InChI is InChI=1S/C17H22ClN5O4/c18-17-20-16(23(25)26)11-22(17)8-5-14(24)12-27-15-3-1-13(2-4-15)21-9-6-19-7-10-21/h1-4,11,14,19,24H,5-10,12H2. The maximum absolute atomic E-state index is 10.7. The monoisotopic (exact) mass is 395 g/mol. The first kappa shape index (κ1) is 19.4. The molecule has 3 rings (SSSR count). The Morgan fingerprint density at radius 3 is 2.67 bits per heavy atom. The van der Waals surface area contributed by atoms with Gasteiger partial charge in [0, 0.05) is 38.4 Å². The number of nitro groups is 1. The number of aliphatic hydroxyl groups excluding tert-OH is 1. The molecule has 10 heteroatoms. The summed E-state index contributed by atoms with van der Waals surface area (Å²) in [6.45, 7) is 4.36. The van der Waals surface area contributed by atoms with Gasteiger partial charge in [-0.1, -0.05) is 0 Å². The van der Waals surface area contributed by atoms with Gasteiger partial charge in [-0.05, 0) is 52.2 Å². The molecule has 27 heavy (non-hydrogen) atoms. The molecule has 1 aromatic carbocycles. The van der Waals surface area contributed by atoms with Crippen LogP contribution in [0, 0.1) is 10.1 Å². The summed E-state index contributed by atoms with van der Waals surface area (Å²) in [7, 11) is 0. The van der Waals surface area contributed by atoms with Crippen molar-refractivity contribution in [1.82, 2.24) is 14.9 Å². The molecule has 1 fully saturated rings. The Balaban J connectivity index is 1.44. The third-order valence-electron chi connectivity index (χ3n) is 4.37. The molecule has 2 aromatic rings. The van der Waals surface area contributed by atoms with E-state index in [1.807, 2.05) is 24.3 Å². The number of imidazole rings is 1. The van der Waals surface area contributed by atoms with Crippen LogP contribution in [0.15, 0.2) is 30.5 Å². The highest BCUT2D eigenvalue weighted by Crippen LogP contribution is 2.20. The third-order valence-corrected chi connectivity index (χ3v) is 4.67. The van der Waals surface area contributed by atoms with Crippen molar-refractivity contribution in [3.05, 3.63) is 45.9 Å². The van der Waals surface area contributed by atoms with Crippen LogP contribution in [-0.4, -0.2) is 58.5 Å². The van der Waals surface area contributed by atoms with Crippen LogP contribution in [0.3, 0.4) is 0 Å². The SMILES string of the molecule is O=[N+]([O-])c1cn(CCC(O)COc2ccc(N3CCNCC3)cc2)c(Cl)n1. The number of piperazine rings is 1. The molecule has 146 valence electrons. The highest BCUT2D eigenvalue weighted by Gasteiger charge is 2.17. The summed E-state index contributed by atoms with van der Waals surface area (Å²) in [5, 5.41) is 24.1. The Kier molecular flexibility index (Phi) is 6.49. The van der Waals surface area contributed by atoms with E-state index in [0.29, 0.717) is 18.7 Å². The zero-order valence-electron chi connectivity index (χ0n) is 14.8. The van der Waals surface area contributed by atoms with Crippen molar-refractivity contribution in [3.63, 3.8) is 0 Å². The smallest absolute Gasteiger partial charge is 0.383 e. The van der Waals surface area contributed by atoms with E-state index in [1.54, 1.807) is 0 Å². The number of rotatable bonds is 8. The van der Waals surface area contributed by atoms with Crippen molar-refractivity contribution in [2.24, 2.45) is 0 Å². The molecule has 1 saturated heterocycles.